The van der Waals surface area contributed by atoms with E-state index in [4.69, 9.17) is 5.73 Å². The van der Waals surface area contributed by atoms with Gasteiger partial charge >= 0.3 is 0 Å². The first-order valence-corrected chi connectivity index (χ1v) is 7.03. The van der Waals surface area contributed by atoms with Gasteiger partial charge in [-0.05, 0) is 23.3 Å². The van der Waals surface area contributed by atoms with Crippen molar-refractivity contribution < 1.29 is 9.59 Å². The summed E-state index contributed by atoms with van der Waals surface area (Å²) in [6, 6.07) is 16.4. The van der Waals surface area contributed by atoms with Crippen molar-refractivity contribution in [1.29, 1.82) is 0 Å². The number of likely N-dealkylation sites (N-methyl/N-ethyl adjacent to an activating group) is 1. The molecule has 1 atom stereocenters. The van der Waals surface area contributed by atoms with Crippen LogP contribution in [0.3, 0.4) is 0 Å². The van der Waals surface area contributed by atoms with Crippen LogP contribution in [-0.4, -0.2) is 31.4 Å². The Bertz CT molecular complexity index is 639. The van der Waals surface area contributed by atoms with Gasteiger partial charge in [-0.2, -0.15) is 0 Å². The van der Waals surface area contributed by atoms with Crippen molar-refractivity contribution in [3.63, 3.8) is 0 Å². The topological polar surface area (TPSA) is 84.2 Å². The molecule has 0 aliphatic heterocycles. The summed E-state index contributed by atoms with van der Waals surface area (Å²) < 4.78 is 0. The summed E-state index contributed by atoms with van der Waals surface area (Å²) in [4.78, 5) is 23.7. The van der Waals surface area contributed by atoms with Gasteiger partial charge in [-0.15, -0.1) is 0 Å². The molecule has 2 aromatic carbocycles. The molecular weight excluding hydrogens is 278 g/mol. The summed E-state index contributed by atoms with van der Waals surface area (Å²) in [5.74, 6) is -0.629. The molecule has 0 spiro atoms. The van der Waals surface area contributed by atoms with Crippen molar-refractivity contribution in [3.05, 3.63) is 60.2 Å². The normalized spacial score (nSPS) is 11.5. The maximum Gasteiger partial charge on any atom is 0.251 e. The van der Waals surface area contributed by atoms with E-state index in [2.05, 4.69) is 10.6 Å². The molecule has 4 N–H and O–H groups in total. The number of nitrogens with one attached hydrogen (secondary N) is 2. The summed E-state index contributed by atoms with van der Waals surface area (Å²) >= 11 is 0. The Kier molecular flexibility index (Phi) is 5.27. The molecule has 2 aromatic rings. The van der Waals surface area contributed by atoms with E-state index in [1.807, 2.05) is 42.5 Å². The van der Waals surface area contributed by atoms with Gasteiger partial charge in [0.25, 0.3) is 5.91 Å². The summed E-state index contributed by atoms with van der Waals surface area (Å²) in [7, 11) is 1.51. The first-order chi connectivity index (χ1) is 10.7. The van der Waals surface area contributed by atoms with Gasteiger partial charge in [0.1, 0.15) is 6.04 Å². The fourth-order valence-electron chi connectivity index (χ4n) is 2.09. The summed E-state index contributed by atoms with van der Waals surface area (Å²) in [6.07, 6.45) is 0. The largest absolute Gasteiger partial charge is 0.357 e. The average Bonchev–Trinajstić information content (AvgIpc) is 2.59. The third-order valence-corrected chi connectivity index (χ3v) is 3.36. The second-order valence-electron chi connectivity index (χ2n) is 4.82. The van der Waals surface area contributed by atoms with Gasteiger partial charge < -0.3 is 16.4 Å². The molecule has 22 heavy (non-hydrogen) atoms. The number of carbonyl (C=O) groups excluding carboxylic acids is 2. The van der Waals surface area contributed by atoms with E-state index < -0.39 is 6.04 Å². The molecule has 0 radical (unpaired) electrons. The minimum Gasteiger partial charge on any atom is -0.357 e. The molecule has 2 rings (SSSR count). The van der Waals surface area contributed by atoms with Crippen molar-refractivity contribution in [3.8, 4) is 11.1 Å². The Morgan fingerprint density at radius 1 is 1.00 bits per heavy atom. The third-order valence-electron chi connectivity index (χ3n) is 3.36. The molecule has 114 valence electrons. The fourth-order valence-corrected chi connectivity index (χ4v) is 2.09. The Hall–Kier alpha value is -2.66. The van der Waals surface area contributed by atoms with Crippen molar-refractivity contribution in [2.45, 2.75) is 6.04 Å². The monoisotopic (exact) mass is 297 g/mol. The predicted octanol–water partition coefficient (Wildman–Crippen LogP) is 1.16. The third kappa shape index (κ3) is 3.71. The molecule has 5 heteroatoms. The highest BCUT2D eigenvalue weighted by atomic mass is 16.2. The van der Waals surface area contributed by atoms with Crippen LogP contribution in [0.4, 0.5) is 0 Å². The van der Waals surface area contributed by atoms with E-state index in [9.17, 15) is 9.59 Å². The van der Waals surface area contributed by atoms with Crippen LogP contribution < -0.4 is 16.4 Å². The standard InChI is InChI=1S/C17H19N3O2/c1-19-17(22)15(11-18)20-16(21)14-9-7-13(8-10-14)12-5-3-2-4-6-12/h2-10,15H,11,18H2,1H3,(H,19,22)(H,20,21)/t15-/m0/s1. The van der Waals surface area contributed by atoms with Crippen LogP contribution >= 0.6 is 0 Å². The summed E-state index contributed by atoms with van der Waals surface area (Å²) in [6.45, 7) is 0.0491. The lowest BCUT2D eigenvalue weighted by molar-refractivity contribution is -0.122. The van der Waals surface area contributed by atoms with Crippen LogP contribution in [0.5, 0.6) is 0 Å². The van der Waals surface area contributed by atoms with Crippen molar-refractivity contribution in [2.75, 3.05) is 13.6 Å². The molecule has 0 saturated heterocycles. The Morgan fingerprint density at radius 2 is 1.59 bits per heavy atom. The molecule has 0 unspecified atom stereocenters. The molecule has 2 amide bonds. The van der Waals surface area contributed by atoms with Crippen LogP contribution in [0.1, 0.15) is 10.4 Å². The van der Waals surface area contributed by atoms with Crippen LogP contribution in [0.15, 0.2) is 54.6 Å². The number of carbonyl (C=O) groups is 2. The van der Waals surface area contributed by atoms with Gasteiger partial charge in [0, 0.05) is 19.2 Å². The SMILES string of the molecule is CNC(=O)[C@H](CN)NC(=O)c1ccc(-c2ccccc2)cc1. The highest BCUT2D eigenvalue weighted by Crippen LogP contribution is 2.19. The number of benzene rings is 2. The van der Waals surface area contributed by atoms with Crippen molar-refractivity contribution in [1.82, 2.24) is 10.6 Å². The van der Waals surface area contributed by atoms with Gasteiger partial charge in [-0.25, -0.2) is 0 Å². The van der Waals surface area contributed by atoms with Gasteiger partial charge in [-0.3, -0.25) is 9.59 Å². The lowest BCUT2D eigenvalue weighted by Gasteiger charge is -2.15. The van der Waals surface area contributed by atoms with Gasteiger partial charge in [-0.1, -0.05) is 42.5 Å². The minimum absolute atomic E-state index is 0.0491. The first-order valence-electron chi connectivity index (χ1n) is 7.03. The van der Waals surface area contributed by atoms with E-state index in [0.29, 0.717) is 5.56 Å². The quantitative estimate of drug-likeness (QED) is 0.774. The minimum atomic E-state index is -0.730. The van der Waals surface area contributed by atoms with Gasteiger partial charge in [0.2, 0.25) is 5.91 Å². The first kappa shape index (κ1) is 15.7. The molecule has 0 aliphatic rings. The summed E-state index contributed by atoms with van der Waals surface area (Å²) in [5.41, 5.74) is 8.10. The zero-order chi connectivity index (χ0) is 15.9. The number of hydrogen-bond donors (Lipinski definition) is 3. The zero-order valence-corrected chi connectivity index (χ0v) is 12.4. The highest BCUT2D eigenvalue weighted by Gasteiger charge is 2.18. The fraction of sp³-hybridized carbons (Fsp3) is 0.176. The second-order valence-corrected chi connectivity index (χ2v) is 4.82. The number of nitrogens with two attached hydrogens (primary N) is 1. The van der Waals surface area contributed by atoms with E-state index >= 15 is 0 Å². The van der Waals surface area contributed by atoms with Crippen LogP contribution in [0, 0.1) is 0 Å². The van der Waals surface area contributed by atoms with Gasteiger partial charge in [0.15, 0.2) is 0 Å². The maximum atomic E-state index is 12.1. The van der Waals surface area contributed by atoms with Crippen LogP contribution in [-0.2, 0) is 4.79 Å². The molecule has 0 aromatic heterocycles. The maximum absolute atomic E-state index is 12.1. The van der Waals surface area contributed by atoms with Crippen molar-refractivity contribution >= 4 is 11.8 Å². The zero-order valence-electron chi connectivity index (χ0n) is 12.4. The number of amides is 2. The predicted molar refractivity (Wildman–Crippen MR) is 86.3 cm³/mol. The van der Waals surface area contributed by atoms with Crippen molar-refractivity contribution in [2.24, 2.45) is 5.73 Å². The highest BCUT2D eigenvalue weighted by molar-refractivity contribution is 5.97. The van der Waals surface area contributed by atoms with E-state index in [1.165, 1.54) is 7.05 Å². The van der Waals surface area contributed by atoms with Crippen LogP contribution in [0.2, 0.25) is 0 Å². The molecule has 5 nitrogen and oxygen atoms in total. The molecule has 0 bridgehead atoms. The second kappa shape index (κ2) is 7.38. The van der Waals surface area contributed by atoms with E-state index in [1.54, 1.807) is 12.1 Å². The lowest BCUT2D eigenvalue weighted by atomic mass is 10.0. The van der Waals surface area contributed by atoms with Gasteiger partial charge in [0.05, 0.1) is 0 Å². The summed E-state index contributed by atoms with van der Waals surface area (Å²) in [5, 5.41) is 5.09. The Balaban J connectivity index is 2.10. The molecular formula is C17H19N3O2. The average molecular weight is 297 g/mol. The Labute approximate surface area is 129 Å². The Morgan fingerprint density at radius 3 is 2.14 bits per heavy atom. The molecule has 0 aliphatic carbocycles. The lowest BCUT2D eigenvalue weighted by Crippen LogP contribution is -2.49. The van der Waals surface area contributed by atoms with E-state index in [-0.39, 0.29) is 18.4 Å². The van der Waals surface area contributed by atoms with Crippen LogP contribution in [0.25, 0.3) is 11.1 Å². The smallest absolute Gasteiger partial charge is 0.251 e. The molecule has 0 fully saturated rings. The number of hydrogen-bond acceptors (Lipinski definition) is 3. The molecule has 0 heterocycles. The molecule has 0 saturated carbocycles. The number of rotatable bonds is 5. The van der Waals surface area contributed by atoms with E-state index in [0.717, 1.165) is 11.1 Å².